The summed E-state index contributed by atoms with van der Waals surface area (Å²) in [6, 6.07) is 2.77. The van der Waals surface area contributed by atoms with Crippen LogP contribution in [0, 0.1) is 5.92 Å². The predicted molar refractivity (Wildman–Crippen MR) is 115 cm³/mol. The number of sulfonamides is 1. The van der Waals surface area contributed by atoms with Crippen LogP contribution in [0.2, 0.25) is 0 Å². The van der Waals surface area contributed by atoms with E-state index in [1.54, 1.807) is 0 Å². The molecule has 0 aromatic heterocycles. The predicted octanol–water partition coefficient (Wildman–Crippen LogP) is 2.67. The molecule has 1 aromatic rings. The van der Waals surface area contributed by atoms with Crippen molar-refractivity contribution in [2.24, 2.45) is 5.92 Å². The molecule has 8 nitrogen and oxygen atoms in total. The lowest BCUT2D eigenvalue weighted by Gasteiger charge is -2.26. The molecule has 1 heterocycles. The summed E-state index contributed by atoms with van der Waals surface area (Å²) in [5.74, 6) is 0.425. The van der Waals surface area contributed by atoms with Gasteiger partial charge in [-0.25, -0.2) is 8.42 Å². The lowest BCUT2D eigenvalue weighted by Crippen LogP contribution is -2.40. The number of amides is 1. The van der Waals surface area contributed by atoms with Crippen LogP contribution in [-0.2, 0) is 14.8 Å². The summed E-state index contributed by atoms with van der Waals surface area (Å²) < 4.78 is 43.5. The molecular weight excluding hydrogens is 408 g/mol. The Morgan fingerprint density at radius 3 is 2.47 bits per heavy atom. The van der Waals surface area contributed by atoms with Crippen LogP contribution >= 0.6 is 0 Å². The molecule has 0 saturated carbocycles. The van der Waals surface area contributed by atoms with Crippen LogP contribution in [0.1, 0.15) is 49.9 Å². The van der Waals surface area contributed by atoms with Crippen LogP contribution in [0.15, 0.2) is 17.0 Å². The summed E-state index contributed by atoms with van der Waals surface area (Å²) >= 11 is 0. The highest BCUT2D eigenvalue weighted by Crippen LogP contribution is 2.35. The number of methoxy groups -OCH3 is 2. The maximum atomic E-state index is 13.1. The minimum absolute atomic E-state index is 0.00484. The number of ether oxygens (including phenoxy) is 3. The quantitative estimate of drug-likeness (QED) is 0.566. The molecule has 1 aliphatic heterocycles. The number of rotatable bonds is 11. The minimum Gasteiger partial charge on any atom is -0.493 e. The average Bonchev–Trinajstić information content (AvgIpc) is 2.78. The van der Waals surface area contributed by atoms with Gasteiger partial charge in [-0.1, -0.05) is 33.1 Å². The Kier molecular flexibility index (Phi) is 9.38. The number of carbonyl (C=O) groups is 1. The summed E-state index contributed by atoms with van der Waals surface area (Å²) in [5, 5.41) is 2.94. The molecule has 0 aliphatic carbocycles. The van der Waals surface area contributed by atoms with E-state index in [9.17, 15) is 13.2 Å². The van der Waals surface area contributed by atoms with Gasteiger partial charge in [-0.15, -0.1) is 0 Å². The summed E-state index contributed by atoms with van der Waals surface area (Å²) in [5.41, 5.74) is 0.147. The molecule has 1 atom stereocenters. The van der Waals surface area contributed by atoms with Crippen molar-refractivity contribution >= 4 is 15.9 Å². The first-order valence-electron chi connectivity index (χ1n) is 10.5. The number of hydrogen-bond acceptors (Lipinski definition) is 6. The molecule has 1 aliphatic rings. The topological polar surface area (TPSA) is 94.2 Å². The van der Waals surface area contributed by atoms with Crippen LogP contribution in [0.5, 0.6) is 11.5 Å². The molecule has 2 rings (SSSR count). The first kappa shape index (κ1) is 24.4. The molecule has 1 saturated heterocycles. The Labute approximate surface area is 179 Å². The highest BCUT2D eigenvalue weighted by Gasteiger charge is 2.30. The van der Waals surface area contributed by atoms with E-state index in [1.807, 2.05) is 0 Å². The van der Waals surface area contributed by atoms with Crippen molar-refractivity contribution in [3.8, 4) is 11.5 Å². The molecule has 0 radical (unpaired) electrons. The lowest BCUT2D eigenvalue weighted by molar-refractivity contribution is 0.0730. The molecule has 30 heavy (non-hydrogen) atoms. The van der Waals surface area contributed by atoms with Crippen LogP contribution in [0.4, 0.5) is 0 Å². The first-order chi connectivity index (χ1) is 14.4. The zero-order valence-corrected chi connectivity index (χ0v) is 19.2. The van der Waals surface area contributed by atoms with E-state index in [2.05, 4.69) is 19.2 Å². The highest BCUT2D eigenvalue weighted by atomic mass is 32.2. The number of benzene rings is 1. The maximum absolute atomic E-state index is 13.1. The van der Waals surface area contributed by atoms with E-state index in [0.717, 1.165) is 25.7 Å². The first-order valence-corrected chi connectivity index (χ1v) is 11.9. The molecular formula is C21H34N2O6S. The van der Waals surface area contributed by atoms with Gasteiger partial charge in [-0.3, -0.25) is 4.79 Å². The van der Waals surface area contributed by atoms with Gasteiger partial charge in [-0.05, 0) is 18.4 Å². The van der Waals surface area contributed by atoms with Gasteiger partial charge in [0, 0.05) is 25.7 Å². The second kappa shape index (κ2) is 11.5. The monoisotopic (exact) mass is 442 g/mol. The summed E-state index contributed by atoms with van der Waals surface area (Å²) in [6.45, 7) is 6.00. The molecule has 1 amide bonds. The van der Waals surface area contributed by atoms with Crippen LogP contribution < -0.4 is 14.8 Å². The third-order valence-corrected chi connectivity index (χ3v) is 7.28. The number of morpholine rings is 1. The third-order valence-electron chi connectivity index (χ3n) is 5.40. The van der Waals surface area contributed by atoms with E-state index >= 15 is 0 Å². The van der Waals surface area contributed by atoms with Gasteiger partial charge in [-0.2, -0.15) is 4.31 Å². The fourth-order valence-corrected chi connectivity index (χ4v) is 4.92. The lowest BCUT2D eigenvalue weighted by atomic mass is 9.99. The number of nitrogens with zero attached hydrogens (tertiary/aromatic N) is 1. The standard InChI is InChI=1S/C21H34N2O6S/c1-5-7-8-16(6-2)15-22-21(24)18-13-17(14-19(27-3)20(18)28-4)30(25,26)23-9-11-29-12-10-23/h13-14,16H,5-12,15H2,1-4H3,(H,22,24). The van der Waals surface area contributed by atoms with Crippen LogP contribution in [-0.4, -0.2) is 65.7 Å². The van der Waals surface area contributed by atoms with Crippen molar-refractivity contribution in [1.29, 1.82) is 0 Å². The summed E-state index contributed by atoms with van der Waals surface area (Å²) in [4.78, 5) is 13.0. The number of nitrogens with one attached hydrogen (secondary N) is 1. The van der Waals surface area contributed by atoms with Gasteiger partial charge in [0.1, 0.15) is 0 Å². The fourth-order valence-electron chi connectivity index (χ4n) is 3.47. The van der Waals surface area contributed by atoms with E-state index in [0.29, 0.717) is 25.7 Å². The minimum atomic E-state index is -3.79. The number of unbranched alkanes of at least 4 members (excludes halogenated alkanes) is 1. The fraction of sp³-hybridized carbons (Fsp3) is 0.667. The molecule has 9 heteroatoms. The van der Waals surface area contributed by atoms with Crippen LogP contribution in [0.25, 0.3) is 0 Å². The van der Waals surface area contributed by atoms with Crippen molar-refractivity contribution in [3.63, 3.8) is 0 Å². The van der Waals surface area contributed by atoms with Crippen LogP contribution in [0.3, 0.4) is 0 Å². The van der Waals surface area contributed by atoms with Crippen molar-refractivity contribution in [2.75, 3.05) is 47.1 Å². The zero-order valence-electron chi connectivity index (χ0n) is 18.4. The molecule has 0 spiro atoms. The smallest absolute Gasteiger partial charge is 0.255 e. The molecule has 1 N–H and O–H groups in total. The Hall–Kier alpha value is -1.84. The Morgan fingerprint density at radius 1 is 1.20 bits per heavy atom. The van der Waals surface area contributed by atoms with Crippen molar-refractivity contribution in [1.82, 2.24) is 9.62 Å². The van der Waals surface area contributed by atoms with Crippen molar-refractivity contribution in [2.45, 2.75) is 44.4 Å². The Morgan fingerprint density at radius 2 is 1.90 bits per heavy atom. The number of carbonyl (C=O) groups excluding carboxylic acids is 1. The van der Waals surface area contributed by atoms with E-state index < -0.39 is 10.0 Å². The second-order valence-electron chi connectivity index (χ2n) is 7.35. The molecule has 1 aromatic carbocycles. The van der Waals surface area contributed by atoms with Gasteiger partial charge >= 0.3 is 0 Å². The van der Waals surface area contributed by atoms with Gasteiger partial charge in [0.05, 0.1) is 37.9 Å². The highest BCUT2D eigenvalue weighted by molar-refractivity contribution is 7.89. The van der Waals surface area contributed by atoms with Gasteiger partial charge in [0.25, 0.3) is 5.91 Å². The van der Waals surface area contributed by atoms with Gasteiger partial charge in [0.15, 0.2) is 11.5 Å². The summed E-state index contributed by atoms with van der Waals surface area (Å²) in [7, 11) is -0.935. The largest absolute Gasteiger partial charge is 0.493 e. The normalized spacial score (nSPS) is 16.1. The summed E-state index contributed by atoms with van der Waals surface area (Å²) in [6.07, 6.45) is 4.22. The maximum Gasteiger partial charge on any atom is 0.255 e. The van der Waals surface area contributed by atoms with E-state index in [4.69, 9.17) is 14.2 Å². The Balaban J connectivity index is 2.33. The van der Waals surface area contributed by atoms with Gasteiger partial charge in [0.2, 0.25) is 10.0 Å². The third kappa shape index (κ3) is 5.86. The molecule has 1 unspecified atom stereocenters. The van der Waals surface area contributed by atoms with Crippen molar-refractivity contribution < 1.29 is 27.4 Å². The molecule has 0 bridgehead atoms. The molecule has 1 fully saturated rings. The molecule has 170 valence electrons. The average molecular weight is 443 g/mol. The zero-order chi connectivity index (χ0) is 22.1. The Bertz CT molecular complexity index is 806. The number of hydrogen-bond donors (Lipinski definition) is 1. The van der Waals surface area contributed by atoms with Gasteiger partial charge < -0.3 is 19.5 Å². The van der Waals surface area contributed by atoms with E-state index in [-0.39, 0.29) is 41.0 Å². The van der Waals surface area contributed by atoms with E-state index in [1.165, 1.54) is 30.7 Å². The SMILES string of the molecule is CCCCC(CC)CNC(=O)c1cc(S(=O)(=O)N2CCOCC2)cc(OC)c1OC. The van der Waals surface area contributed by atoms with Crippen molar-refractivity contribution in [3.05, 3.63) is 17.7 Å². The second-order valence-corrected chi connectivity index (χ2v) is 9.29.